The minimum Gasteiger partial charge on any atom is -0.455 e. The molecular weight excluding hydrogens is 532 g/mol. The number of furan rings is 1. The number of hydrogen-bond donors (Lipinski definition) is 1. The average molecular weight is 562 g/mol. The van der Waals surface area contributed by atoms with Crippen LogP contribution in [0.25, 0.3) is 11.3 Å². The first-order valence-corrected chi connectivity index (χ1v) is 13.8. The van der Waals surface area contributed by atoms with Crippen LogP contribution >= 0.6 is 27.3 Å². The third kappa shape index (κ3) is 5.40. The zero-order valence-electron chi connectivity index (χ0n) is 20.7. The summed E-state index contributed by atoms with van der Waals surface area (Å²) >= 11 is 5.15. The van der Waals surface area contributed by atoms with E-state index in [0.29, 0.717) is 17.2 Å². The van der Waals surface area contributed by atoms with E-state index in [9.17, 15) is 4.79 Å². The predicted molar refractivity (Wildman–Crippen MR) is 153 cm³/mol. The quantitative estimate of drug-likeness (QED) is 0.247. The molecule has 0 bridgehead atoms. The van der Waals surface area contributed by atoms with Crippen molar-refractivity contribution in [2.24, 2.45) is 16.3 Å². The number of anilines is 1. The van der Waals surface area contributed by atoms with E-state index in [0.717, 1.165) is 51.3 Å². The third-order valence-electron chi connectivity index (χ3n) is 6.78. The largest absolute Gasteiger partial charge is 0.455 e. The minimum absolute atomic E-state index is 0.102. The summed E-state index contributed by atoms with van der Waals surface area (Å²) in [7, 11) is 0. The molecule has 0 unspecified atom stereocenters. The maximum atomic E-state index is 13.5. The second-order valence-electron chi connectivity index (χ2n) is 10.3. The highest BCUT2D eigenvalue weighted by Gasteiger charge is 2.33. The molecule has 2 heterocycles. The van der Waals surface area contributed by atoms with Crippen molar-refractivity contribution in [1.82, 2.24) is 0 Å². The molecule has 2 aromatic carbocycles. The second-order valence-corrected chi connectivity index (χ2v) is 12.3. The fraction of sp³-hybridized carbons (Fsp3) is 0.267. The molecular formula is C30H29BrN2O2S. The first-order chi connectivity index (χ1) is 17.3. The lowest BCUT2D eigenvalue weighted by atomic mass is 9.72. The molecule has 0 saturated heterocycles. The van der Waals surface area contributed by atoms with Crippen LogP contribution in [0, 0.1) is 11.3 Å². The highest BCUT2D eigenvalue weighted by atomic mass is 79.9. The van der Waals surface area contributed by atoms with Gasteiger partial charge in [0.1, 0.15) is 16.5 Å². The van der Waals surface area contributed by atoms with Crippen LogP contribution in [0.4, 0.5) is 10.7 Å². The van der Waals surface area contributed by atoms with E-state index in [2.05, 4.69) is 42.0 Å². The number of nitrogens with zero attached hydrogens (tertiary/aromatic N) is 1. The zero-order chi connectivity index (χ0) is 25.3. The predicted octanol–water partition coefficient (Wildman–Crippen LogP) is 8.92. The first kappa shape index (κ1) is 24.7. The monoisotopic (exact) mass is 560 g/mol. The first-order valence-electron chi connectivity index (χ1n) is 12.2. The number of fused-ring (bicyclic) bond motifs is 1. The van der Waals surface area contributed by atoms with Crippen molar-refractivity contribution in [2.75, 3.05) is 5.32 Å². The fourth-order valence-electron chi connectivity index (χ4n) is 4.69. The maximum absolute atomic E-state index is 13.5. The Morgan fingerprint density at radius 2 is 1.92 bits per heavy atom. The van der Waals surface area contributed by atoms with Gasteiger partial charge in [0, 0.05) is 20.6 Å². The minimum atomic E-state index is -0.102. The summed E-state index contributed by atoms with van der Waals surface area (Å²) in [6, 6.07) is 21.4. The number of carbonyl (C=O) groups excluding carboxylic acids is 1. The Kier molecular flexibility index (Phi) is 7.00. The normalized spacial score (nSPS) is 15.7. The van der Waals surface area contributed by atoms with Gasteiger partial charge in [-0.15, -0.1) is 11.3 Å². The van der Waals surface area contributed by atoms with Gasteiger partial charge in [-0.25, -0.2) is 4.99 Å². The Morgan fingerprint density at radius 3 is 2.67 bits per heavy atom. The van der Waals surface area contributed by atoms with Crippen molar-refractivity contribution in [3.05, 3.63) is 93.0 Å². The van der Waals surface area contributed by atoms with Crippen molar-refractivity contribution < 1.29 is 9.21 Å². The molecule has 0 aliphatic heterocycles. The van der Waals surface area contributed by atoms with E-state index in [4.69, 9.17) is 9.41 Å². The van der Waals surface area contributed by atoms with Gasteiger partial charge < -0.3 is 9.73 Å². The molecule has 5 rings (SSSR count). The van der Waals surface area contributed by atoms with Crippen molar-refractivity contribution in [3.8, 4) is 11.3 Å². The van der Waals surface area contributed by atoms with E-state index < -0.39 is 0 Å². The van der Waals surface area contributed by atoms with E-state index in [-0.39, 0.29) is 11.3 Å². The molecule has 1 N–H and O–H groups in total. The van der Waals surface area contributed by atoms with Gasteiger partial charge in [-0.1, -0.05) is 67.0 Å². The summed E-state index contributed by atoms with van der Waals surface area (Å²) in [5.74, 6) is 1.91. The summed E-state index contributed by atoms with van der Waals surface area (Å²) in [5, 5.41) is 3.81. The lowest BCUT2D eigenvalue weighted by molar-refractivity contribution is 0.102. The highest BCUT2D eigenvalue weighted by Crippen LogP contribution is 2.45. The van der Waals surface area contributed by atoms with E-state index in [1.807, 2.05) is 66.7 Å². The lowest BCUT2D eigenvalue weighted by Gasteiger charge is -2.33. The smallest absolute Gasteiger partial charge is 0.259 e. The topological polar surface area (TPSA) is 54.6 Å². The maximum Gasteiger partial charge on any atom is 0.259 e. The summed E-state index contributed by atoms with van der Waals surface area (Å²) in [4.78, 5) is 19.5. The molecule has 1 aliphatic rings. The summed E-state index contributed by atoms with van der Waals surface area (Å²) in [6.45, 7) is 6.91. The summed E-state index contributed by atoms with van der Waals surface area (Å²) in [5.41, 5.74) is 3.85. The second kappa shape index (κ2) is 10.2. The number of para-hydroxylation sites is 1. The van der Waals surface area contributed by atoms with Crippen molar-refractivity contribution in [3.63, 3.8) is 0 Å². The Bertz CT molecular complexity index is 1410. The summed E-state index contributed by atoms with van der Waals surface area (Å²) < 4.78 is 7.04. The number of nitrogens with one attached hydrogen (secondary N) is 1. The molecule has 1 atom stereocenters. The van der Waals surface area contributed by atoms with Gasteiger partial charge in [0.15, 0.2) is 0 Å². The SMILES string of the molecule is CC(C)(C)[C@H]1CCc2c(sc(N=Cc3ccc(-c4cccc(Br)c4)o3)c2C(=O)Nc2ccccc2)C1. The molecule has 0 radical (unpaired) electrons. The van der Waals surface area contributed by atoms with Gasteiger partial charge >= 0.3 is 0 Å². The molecule has 0 spiro atoms. The lowest BCUT2D eigenvalue weighted by Crippen LogP contribution is -2.27. The van der Waals surface area contributed by atoms with Crippen LogP contribution in [0.5, 0.6) is 0 Å². The van der Waals surface area contributed by atoms with Gasteiger partial charge in [-0.05, 0) is 72.6 Å². The number of aliphatic imine (C=N–C) groups is 1. The molecule has 4 aromatic rings. The molecule has 2 aromatic heterocycles. The third-order valence-corrected chi connectivity index (χ3v) is 8.43. The fourth-order valence-corrected chi connectivity index (χ4v) is 6.36. The van der Waals surface area contributed by atoms with E-state index in [1.54, 1.807) is 17.6 Å². The Labute approximate surface area is 224 Å². The summed E-state index contributed by atoms with van der Waals surface area (Å²) in [6.07, 6.45) is 4.68. The Hall–Kier alpha value is -2.96. The number of halogens is 1. The molecule has 0 fully saturated rings. The van der Waals surface area contributed by atoms with Crippen LogP contribution in [-0.4, -0.2) is 12.1 Å². The van der Waals surface area contributed by atoms with Crippen LogP contribution in [0.15, 0.2) is 80.6 Å². The van der Waals surface area contributed by atoms with Crippen LogP contribution in [-0.2, 0) is 12.8 Å². The number of thiophene rings is 1. The van der Waals surface area contributed by atoms with Gasteiger partial charge in [0.05, 0.1) is 11.8 Å². The number of amides is 1. The van der Waals surface area contributed by atoms with Crippen LogP contribution in [0.3, 0.4) is 0 Å². The molecule has 1 aliphatic carbocycles. The molecule has 0 saturated carbocycles. The van der Waals surface area contributed by atoms with Gasteiger partial charge in [-0.2, -0.15) is 0 Å². The number of carbonyl (C=O) groups is 1. The highest BCUT2D eigenvalue weighted by molar-refractivity contribution is 9.10. The number of rotatable bonds is 5. The number of hydrogen-bond acceptors (Lipinski definition) is 4. The Morgan fingerprint density at radius 1 is 1.11 bits per heavy atom. The molecule has 6 heteroatoms. The zero-order valence-corrected chi connectivity index (χ0v) is 23.1. The molecule has 4 nitrogen and oxygen atoms in total. The van der Waals surface area contributed by atoms with Crippen LogP contribution < -0.4 is 5.32 Å². The van der Waals surface area contributed by atoms with Gasteiger partial charge in [-0.3, -0.25) is 4.79 Å². The standard InChI is InChI=1S/C30H29BrN2O2S/c1-30(2,3)20-12-14-24-26(17-20)36-29(27(24)28(34)33-22-10-5-4-6-11-22)32-18-23-13-15-25(35-23)19-8-7-9-21(31)16-19/h4-11,13,15-16,18,20H,12,14,17H2,1-3H3,(H,33,34)/t20-/m0/s1. The van der Waals surface area contributed by atoms with Gasteiger partial charge in [0.2, 0.25) is 0 Å². The average Bonchev–Trinajstić information content (AvgIpc) is 3.47. The number of benzene rings is 2. The van der Waals surface area contributed by atoms with Gasteiger partial charge in [0.25, 0.3) is 5.91 Å². The molecule has 1 amide bonds. The van der Waals surface area contributed by atoms with Crippen LogP contribution in [0.2, 0.25) is 0 Å². The van der Waals surface area contributed by atoms with Crippen LogP contribution in [0.1, 0.15) is 53.8 Å². The van der Waals surface area contributed by atoms with Crippen molar-refractivity contribution in [2.45, 2.75) is 40.0 Å². The Balaban J connectivity index is 1.47. The van der Waals surface area contributed by atoms with Crippen molar-refractivity contribution >= 4 is 50.1 Å². The van der Waals surface area contributed by atoms with Crippen molar-refractivity contribution in [1.29, 1.82) is 0 Å². The van der Waals surface area contributed by atoms with E-state index in [1.165, 1.54) is 4.88 Å². The molecule has 36 heavy (non-hydrogen) atoms. The molecule has 184 valence electrons. The van der Waals surface area contributed by atoms with E-state index >= 15 is 0 Å².